The zero-order chi connectivity index (χ0) is 11.7. The molecule has 2 aromatic rings. The van der Waals surface area contributed by atoms with Crippen molar-refractivity contribution in [1.82, 2.24) is 0 Å². The van der Waals surface area contributed by atoms with Gasteiger partial charge in [0.1, 0.15) is 5.76 Å². The predicted octanol–water partition coefficient (Wildman–Crippen LogP) is 3.95. The minimum Gasteiger partial charge on any atom is -0.478 e. The van der Waals surface area contributed by atoms with Gasteiger partial charge in [0.05, 0.1) is 21.9 Å². The molecule has 0 bridgehead atoms. The van der Waals surface area contributed by atoms with Crippen LogP contribution < -0.4 is 0 Å². The average Bonchev–Trinajstić information content (AvgIpc) is 2.70. The Morgan fingerprint density at radius 2 is 2.00 bits per heavy atom. The number of hydrogen-bond donors (Lipinski definition) is 1. The lowest BCUT2D eigenvalue weighted by molar-refractivity contribution is 0.0697. The van der Waals surface area contributed by atoms with Crippen LogP contribution in [0.25, 0.3) is 11.3 Å². The Balaban J connectivity index is 2.66. The molecule has 0 saturated carbocycles. The minimum absolute atomic E-state index is 0.0787. The lowest BCUT2D eigenvalue weighted by atomic mass is 10.1. The Morgan fingerprint density at radius 1 is 1.25 bits per heavy atom. The highest BCUT2D eigenvalue weighted by Gasteiger charge is 2.18. The van der Waals surface area contributed by atoms with Crippen molar-refractivity contribution in [3.05, 3.63) is 46.1 Å². The molecule has 82 valence electrons. The van der Waals surface area contributed by atoms with E-state index in [4.69, 9.17) is 32.7 Å². The first-order valence-electron chi connectivity index (χ1n) is 4.36. The molecule has 0 aliphatic heterocycles. The first-order valence-corrected chi connectivity index (χ1v) is 5.12. The lowest BCUT2D eigenvalue weighted by Crippen LogP contribution is -1.99. The summed E-state index contributed by atoms with van der Waals surface area (Å²) in [5.74, 6) is -0.660. The van der Waals surface area contributed by atoms with Gasteiger partial charge in [-0.1, -0.05) is 23.2 Å². The quantitative estimate of drug-likeness (QED) is 0.885. The van der Waals surface area contributed by atoms with Crippen LogP contribution in [0.4, 0.5) is 0 Å². The first-order chi connectivity index (χ1) is 7.61. The summed E-state index contributed by atoms with van der Waals surface area (Å²) in [6, 6.07) is 6.49. The van der Waals surface area contributed by atoms with Crippen molar-refractivity contribution in [2.75, 3.05) is 0 Å². The van der Waals surface area contributed by atoms with E-state index in [9.17, 15) is 4.79 Å². The zero-order valence-electron chi connectivity index (χ0n) is 7.91. The highest BCUT2D eigenvalue weighted by molar-refractivity contribution is 6.40. The van der Waals surface area contributed by atoms with Gasteiger partial charge >= 0.3 is 5.97 Å². The Bertz CT molecular complexity index is 532. The van der Waals surface area contributed by atoms with Gasteiger partial charge in [0, 0.05) is 5.56 Å². The van der Waals surface area contributed by atoms with Gasteiger partial charge in [0.15, 0.2) is 0 Å². The number of halogens is 2. The predicted molar refractivity (Wildman–Crippen MR) is 61.1 cm³/mol. The summed E-state index contributed by atoms with van der Waals surface area (Å²) in [6.07, 6.45) is 1.49. The fourth-order valence-corrected chi connectivity index (χ4v) is 2.00. The van der Waals surface area contributed by atoms with Crippen LogP contribution in [0.3, 0.4) is 0 Å². The zero-order valence-corrected chi connectivity index (χ0v) is 9.42. The molecule has 1 N–H and O–H groups in total. The van der Waals surface area contributed by atoms with E-state index in [1.807, 2.05) is 0 Å². The summed E-state index contributed by atoms with van der Waals surface area (Å²) >= 11 is 11.7. The number of rotatable bonds is 2. The standard InChI is InChI=1S/C11H6Cl2O3/c12-7-4-3-6(8-2-1-5-16-8)10(13)9(7)11(14)15/h1-5H,(H,14,15). The van der Waals surface area contributed by atoms with Crippen LogP contribution in [0.1, 0.15) is 10.4 Å². The van der Waals surface area contributed by atoms with Gasteiger partial charge < -0.3 is 9.52 Å². The van der Waals surface area contributed by atoms with Crippen molar-refractivity contribution in [3.8, 4) is 11.3 Å². The summed E-state index contributed by atoms with van der Waals surface area (Å²) in [6.45, 7) is 0. The largest absolute Gasteiger partial charge is 0.478 e. The van der Waals surface area contributed by atoms with Crippen LogP contribution in [0.2, 0.25) is 10.0 Å². The van der Waals surface area contributed by atoms with Gasteiger partial charge in [0.25, 0.3) is 0 Å². The van der Waals surface area contributed by atoms with Crippen LogP contribution in [-0.4, -0.2) is 11.1 Å². The van der Waals surface area contributed by atoms with E-state index >= 15 is 0 Å². The number of aromatic carboxylic acids is 1. The topological polar surface area (TPSA) is 50.4 Å². The molecule has 1 aromatic heterocycles. The molecule has 0 fully saturated rings. The van der Waals surface area contributed by atoms with Crippen molar-refractivity contribution >= 4 is 29.2 Å². The van der Waals surface area contributed by atoms with Crippen molar-refractivity contribution < 1.29 is 14.3 Å². The number of hydrogen-bond acceptors (Lipinski definition) is 2. The van der Waals surface area contributed by atoms with Crippen LogP contribution in [0, 0.1) is 0 Å². The second kappa shape index (κ2) is 4.20. The first kappa shape index (κ1) is 11.0. The third-order valence-electron chi connectivity index (χ3n) is 2.09. The Morgan fingerprint density at radius 3 is 2.56 bits per heavy atom. The Hall–Kier alpha value is -1.45. The molecular formula is C11H6Cl2O3. The maximum Gasteiger partial charge on any atom is 0.338 e. The molecule has 16 heavy (non-hydrogen) atoms. The molecular weight excluding hydrogens is 251 g/mol. The third-order valence-corrected chi connectivity index (χ3v) is 2.80. The molecule has 3 nitrogen and oxygen atoms in total. The number of benzene rings is 1. The van der Waals surface area contributed by atoms with Crippen molar-refractivity contribution in [2.24, 2.45) is 0 Å². The normalized spacial score (nSPS) is 10.4. The second-order valence-corrected chi connectivity index (χ2v) is 3.85. The molecule has 1 heterocycles. The van der Waals surface area contributed by atoms with E-state index in [1.165, 1.54) is 12.3 Å². The van der Waals surface area contributed by atoms with E-state index in [1.54, 1.807) is 18.2 Å². The van der Waals surface area contributed by atoms with Gasteiger partial charge in [-0.3, -0.25) is 0 Å². The second-order valence-electron chi connectivity index (χ2n) is 3.07. The summed E-state index contributed by atoms with van der Waals surface area (Å²) < 4.78 is 5.15. The van der Waals surface area contributed by atoms with Crippen LogP contribution >= 0.6 is 23.2 Å². The van der Waals surface area contributed by atoms with Crippen LogP contribution in [-0.2, 0) is 0 Å². The fourth-order valence-electron chi connectivity index (χ4n) is 1.37. The van der Waals surface area contributed by atoms with Crippen molar-refractivity contribution in [2.45, 2.75) is 0 Å². The molecule has 0 saturated heterocycles. The summed E-state index contributed by atoms with van der Waals surface area (Å²) in [4.78, 5) is 11.0. The van der Waals surface area contributed by atoms with Gasteiger partial charge in [-0.25, -0.2) is 4.79 Å². The molecule has 0 radical (unpaired) electrons. The Labute approximate surface area is 101 Å². The van der Waals surface area contributed by atoms with E-state index < -0.39 is 5.97 Å². The minimum atomic E-state index is -1.16. The number of carbonyl (C=O) groups is 1. The summed E-state index contributed by atoms with van der Waals surface area (Å²) in [5, 5.41) is 9.15. The van der Waals surface area contributed by atoms with Crippen LogP contribution in [0.5, 0.6) is 0 Å². The van der Waals surface area contributed by atoms with Crippen molar-refractivity contribution in [1.29, 1.82) is 0 Å². The van der Waals surface area contributed by atoms with E-state index in [-0.39, 0.29) is 15.6 Å². The monoisotopic (exact) mass is 256 g/mol. The van der Waals surface area contributed by atoms with Crippen LogP contribution in [0.15, 0.2) is 34.9 Å². The maximum absolute atomic E-state index is 11.0. The number of furan rings is 1. The molecule has 0 spiro atoms. The summed E-state index contributed by atoms with van der Waals surface area (Å²) in [7, 11) is 0. The van der Waals surface area contributed by atoms with Gasteiger partial charge in [-0.15, -0.1) is 0 Å². The molecule has 5 heteroatoms. The van der Waals surface area contributed by atoms with Gasteiger partial charge in [-0.05, 0) is 24.3 Å². The number of carboxylic acid groups (broad SMARTS) is 1. The fraction of sp³-hybridized carbons (Fsp3) is 0. The van der Waals surface area contributed by atoms with E-state index in [0.717, 1.165) is 0 Å². The van der Waals surface area contributed by atoms with Crippen molar-refractivity contribution in [3.63, 3.8) is 0 Å². The smallest absolute Gasteiger partial charge is 0.338 e. The van der Waals surface area contributed by atoms with Gasteiger partial charge in [0.2, 0.25) is 0 Å². The molecule has 0 unspecified atom stereocenters. The molecule has 1 aromatic carbocycles. The molecule has 0 aliphatic carbocycles. The number of carboxylic acids is 1. The molecule has 2 rings (SSSR count). The highest BCUT2D eigenvalue weighted by Crippen LogP contribution is 2.34. The van der Waals surface area contributed by atoms with E-state index in [0.29, 0.717) is 11.3 Å². The highest BCUT2D eigenvalue weighted by atomic mass is 35.5. The summed E-state index contributed by atoms with van der Waals surface area (Å²) in [5.41, 5.74) is 0.394. The maximum atomic E-state index is 11.0. The van der Waals surface area contributed by atoms with E-state index in [2.05, 4.69) is 0 Å². The third kappa shape index (κ3) is 1.79. The Kier molecular flexibility index (Phi) is 2.90. The molecule has 0 atom stereocenters. The molecule has 0 amide bonds. The SMILES string of the molecule is O=C(O)c1c(Cl)ccc(-c2ccco2)c1Cl. The lowest BCUT2D eigenvalue weighted by Gasteiger charge is -2.06. The van der Waals surface area contributed by atoms with Gasteiger partial charge in [-0.2, -0.15) is 0 Å². The molecule has 0 aliphatic rings. The average molecular weight is 257 g/mol.